The number of hydrogen-bond acceptors (Lipinski definition) is 1. The van der Waals surface area contributed by atoms with Gasteiger partial charge in [-0.2, -0.15) is 0 Å². The Bertz CT molecular complexity index is 236. The molecule has 0 bridgehead atoms. The van der Waals surface area contributed by atoms with Crippen LogP contribution in [-0.2, 0) is 11.3 Å². The fourth-order valence-corrected chi connectivity index (χ4v) is 1.02. The number of benzene rings is 1. The maximum Gasteiger partial charge on any atom is 0.123 e. The van der Waals surface area contributed by atoms with Gasteiger partial charge in [0, 0.05) is 6.61 Å². The monoisotopic (exact) mass is 218 g/mol. The van der Waals surface area contributed by atoms with E-state index in [0.29, 0.717) is 6.61 Å². The molecule has 0 radical (unpaired) electrons. The first kappa shape index (κ1) is 13.4. The van der Waals surface area contributed by atoms with Crippen molar-refractivity contribution in [3.63, 3.8) is 0 Å². The topological polar surface area (TPSA) is 9.23 Å². The van der Waals surface area contributed by atoms with Crippen LogP contribution in [0, 0.1) is 5.82 Å². The third kappa shape index (κ3) is 5.20. The largest absolute Gasteiger partial charge is 0.377 e. The molecule has 1 rings (SSSR count). The van der Waals surface area contributed by atoms with E-state index in [2.05, 4.69) is 6.92 Å². The summed E-state index contributed by atoms with van der Waals surface area (Å²) in [6.07, 6.45) is 2.23. The van der Waals surface area contributed by atoms with Gasteiger partial charge in [-0.25, -0.2) is 4.39 Å². The second kappa shape index (κ2) is 7.77. The van der Waals surface area contributed by atoms with E-state index in [4.69, 9.17) is 4.74 Å². The van der Waals surface area contributed by atoms with Crippen molar-refractivity contribution in [2.24, 2.45) is 0 Å². The summed E-state index contributed by atoms with van der Waals surface area (Å²) in [4.78, 5) is 0. The number of halogens is 2. The Morgan fingerprint density at radius 3 is 2.43 bits per heavy atom. The highest BCUT2D eigenvalue weighted by atomic mass is 35.5. The van der Waals surface area contributed by atoms with E-state index >= 15 is 0 Å². The summed E-state index contributed by atoms with van der Waals surface area (Å²) < 4.78 is 17.9. The van der Waals surface area contributed by atoms with Gasteiger partial charge in [0.15, 0.2) is 0 Å². The first-order valence-corrected chi connectivity index (χ1v) is 4.65. The van der Waals surface area contributed by atoms with E-state index in [9.17, 15) is 4.39 Å². The van der Waals surface area contributed by atoms with Crippen LogP contribution in [0.15, 0.2) is 24.3 Å². The quantitative estimate of drug-likeness (QED) is 0.687. The van der Waals surface area contributed by atoms with Gasteiger partial charge < -0.3 is 4.74 Å². The lowest BCUT2D eigenvalue weighted by Gasteiger charge is -2.02. The minimum absolute atomic E-state index is 0. The summed E-state index contributed by atoms with van der Waals surface area (Å²) in [5, 5.41) is 0. The van der Waals surface area contributed by atoms with Crippen LogP contribution in [0.2, 0.25) is 0 Å². The van der Waals surface area contributed by atoms with E-state index in [1.165, 1.54) is 12.1 Å². The second-order valence-electron chi connectivity index (χ2n) is 3.03. The Balaban J connectivity index is 0.00000169. The molecule has 3 heteroatoms. The Morgan fingerprint density at radius 1 is 1.21 bits per heavy atom. The molecule has 0 aliphatic heterocycles. The molecule has 1 aromatic rings. The first-order chi connectivity index (χ1) is 6.33. The number of hydrogen-bond donors (Lipinski definition) is 0. The highest BCUT2D eigenvalue weighted by Crippen LogP contribution is 2.04. The molecule has 0 saturated heterocycles. The summed E-state index contributed by atoms with van der Waals surface area (Å²) in [5.41, 5.74) is 1.03. The van der Waals surface area contributed by atoms with Crippen molar-refractivity contribution in [1.29, 1.82) is 0 Å². The molecule has 0 spiro atoms. The summed E-state index contributed by atoms with van der Waals surface area (Å²) in [5.74, 6) is -0.197. The van der Waals surface area contributed by atoms with Gasteiger partial charge in [0.05, 0.1) is 6.61 Å². The normalized spacial score (nSPS) is 9.57. The van der Waals surface area contributed by atoms with Crippen LogP contribution in [0.1, 0.15) is 25.3 Å². The van der Waals surface area contributed by atoms with Crippen molar-refractivity contribution in [2.75, 3.05) is 6.61 Å². The molecule has 0 atom stereocenters. The Labute approximate surface area is 90.7 Å². The Hall–Kier alpha value is -0.600. The fraction of sp³-hybridized carbons (Fsp3) is 0.455. The van der Waals surface area contributed by atoms with Gasteiger partial charge in [-0.3, -0.25) is 0 Å². The molecular formula is C11H16ClFO. The molecule has 14 heavy (non-hydrogen) atoms. The second-order valence-corrected chi connectivity index (χ2v) is 3.03. The lowest BCUT2D eigenvalue weighted by molar-refractivity contribution is 0.118. The molecule has 1 nitrogen and oxygen atoms in total. The first-order valence-electron chi connectivity index (χ1n) is 4.65. The van der Waals surface area contributed by atoms with Crippen LogP contribution < -0.4 is 0 Å². The smallest absolute Gasteiger partial charge is 0.123 e. The van der Waals surface area contributed by atoms with Crippen molar-refractivity contribution >= 4 is 12.4 Å². The van der Waals surface area contributed by atoms with Crippen LogP contribution in [-0.4, -0.2) is 6.61 Å². The maximum absolute atomic E-state index is 12.5. The van der Waals surface area contributed by atoms with E-state index in [-0.39, 0.29) is 18.2 Å². The molecule has 0 aliphatic carbocycles. The minimum atomic E-state index is -0.197. The molecule has 0 saturated carbocycles. The molecule has 0 aliphatic rings. The molecule has 0 fully saturated rings. The van der Waals surface area contributed by atoms with Gasteiger partial charge in [0.2, 0.25) is 0 Å². The van der Waals surface area contributed by atoms with Crippen molar-refractivity contribution in [1.82, 2.24) is 0 Å². The molecule has 0 heterocycles. The Morgan fingerprint density at radius 2 is 1.86 bits per heavy atom. The Kier molecular flexibility index (Phi) is 7.44. The summed E-state index contributed by atoms with van der Waals surface area (Å²) in [6.45, 7) is 3.50. The SMILES string of the molecule is CCCCOCc1ccc(F)cc1.Cl. The van der Waals surface area contributed by atoms with Gasteiger partial charge in [0.1, 0.15) is 5.82 Å². The summed E-state index contributed by atoms with van der Waals surface area (Å²) in [7, 11) is 0. The minimum Gasteiger partial charge on any atom is -0.377 e. The average Bonchev–Trinajstić information content (AvgIpc) is 2.15. The van der Waals surface area contributed by atoms with Crippen LogP contribution >= 0.6 is 12.4 Å². The van der Waals surface area contributed by atoms with E-state index in [1.54, 1.807) is 12.1 Å². The lowest BCUT2D eigenvalue weighted by atomic mass is 10.2. The molecule has 1 aromatic carbocycles. The maximum atomic E-state index is 12.5. The van der Waals surface area contributed by atoms with Gasteiger partial charge in [-0.15, -0.1) is 12.4 Å². The molecular weight excluding hydrogens is 203 g/mol. The molecule has 0 unspecified atom stereocenters. The van der Waals surface area contributed by atoms with Crippen LogP contribution in [0.4, 0.5) is 4.39 Å². The van der Waals surface area contributed by atoms with Crippen molar-refractivity contribution in [2.45, 2.75) is 26.4 Å². The van der Waals surface area contributed by atoms with Crippen LogP contribution in [0.5, 0.6) is 0 Å². The van der Waals surface area contributed by atoms with E-state index < -0.39 is 0 Å². The summed E-state index contributed by atoms with van der Waals surface area (Å²) in [6, 6.07) is 6.42. The number of ether oxygens (including phenoxy) is 1. The lowest BCUT2D eigenvalue weighted by Crippen LogP contribution is -1.94. The third-order valence-corrected chi connectivity index (χ3v) is 1.82. The molecule has 0 aromatic heterocycles. The van der Waals surface area contributed by atoms with Crippen LogP contribution in [0.25, 0.3) is 0 Å². The zero-order chi connectivity index (χ0) is 9.52. The molecule has 0 amide bonds. The number of unbranched alkanes of at least 4 members (excludes halogenated alkanes) is 1. The zero-order valence-electron chi connectivity index (χ0n) is 8.33. The van der Waals surface area contributed by atoms with Crippen molar-refractivity contribution < 1.29 is 9.13 Å². The van der Waals surface area contributed by atoms with Crippen LogP contribution in [0.3, 0.4) is 0 Å². The standard InChI is InChI=1S/C11H15FO.ClH/c1-2-3-8-13-9-10-4-6-11(12)7-5-10;/h4-7H,2-3,8-9H2,1H3;1H. The zero-order valence-corrected chi connectivity index (χ0v) is 9.15. The van der Waals surface area contributed by atoms with E-state index in [0.717, 1.165) is 25.0 Å². The van der Waals surface area contributed by atoms with Gasteiger partial charge in [-0.05, 0) is 24.1 Å². The average molecular weight is 219 g/mol. The molecule has 80 valence electrons. The van der Waals surface area contributed by atoms with Gasteiger partial charge >= 0.3 is 0 Å². The molecule has 0 N–H and O–H groups in total. The summed E-state index contributed by atoms with van der Waals surface area (Å²) >= 11 is 0. The highest BCUT2D eigenvalue weighted by Gasteiger charge is 1.93. The third-order valence-electron chi connectivity index (χ3n) is 1.82. The van der Waals surface area contributed by atoms with Crippen molar-refractivity contribution in [3.05, 3.63) is 35.6 Å². The highest BCUT2D eigenvalue weighted by molar-refractivity contribution is 5.85. The fourth-order valence-electron chi connectivity index (χ4n) is 1.02. The number of rotatable bonds is 5. The predicted octanol–water partition coefficient (Wildman–Crippen LogP) is 3.56. The predicted molar refractivity (Wildman–Crippen MR) is 58.2 cm³/mol. The van der Waals surface area contributed by atoms with E-state index in [1.807, 2.05) is 0 Å². The van der Waals surface area contributed by atoms with Gasteiger partial charge in [-0.1, -0.05) is 25.5 Å². The van der Waals surface area contributed by atoms with Crippen molar-refractivity contribution in [3.8, 4) is 0 Å². The van der Waals surface area contributed by atoms with Gasteiger partial charge in [0.25, 0.3) is 0 Å².